The fourth-order valence-electron chi connectivity index (χ4n) is 4.41. The van der Waals surface area contributed by atoms with E-state index >= 15 is 0 Å². The van der Waals surface area contributed by atoms with Gasteiger partial charge in [-0.05, 0) is 74.1 Å². The molecular weight excluding hydrogens is 310 g/mol. The molecule has 1 aromatic heterocycles. The fraction of sp³-hybridized carbons (Fsp3) is 0.524. The van der Waals surface area contributed by atoms with Crippen molar-refractivity contribution >= 4 is 5.91 Å². The molecule has 1 aromatic carbocycles. The third-order valence-electron chi connectivity index (χ3n) is 6.11. The maximum Gasteiger partial charge on any atom is 0.244 e. The molecule has 0 unspecified atom stereocenters. The van der Waals surface area contributed by atoms with Crippen LogP contribution in [0.5, 0.6) is 0 Å². The summed E-state index contributed by atoms with van der Waals surface area (Å²) in [5, 5.41) is 4.43. The van der Waals surface area contributed by atoms with E-state index in [0.29, 0.717) is 12.5 Å². The van der Waals surface area contributed by atoms with E-state index in [-0.39, 0.29) is 5.91 Å². The van der Waals surface area contributed by atoms with E-state index in [4.69, 9.17) is 0 Å². The summed E-state index contributed by atoms with van der Waals surface area (Å²) in [6, 6.07) is 6.60. The Hall–Kier alpha value is -2.10. The molecule has 0 bridgehead atoms. The molecule has 0 saturated carbocycles. The van der Waals surface area contributed by atoms with Crippen molar-refractivity contribution in [2.75, 3.05) is 13.1 Å². The van der Waals surface area contributed by atoms with Crippen molar-refractivity contribution in [1.82, 2.24) is 14.7 Å². The van der Waals surface area contributed by atoms with Gasteiger partial charge >= 0.3 is 0 Å². The SMILES string of the molecule is Cc1cccc(C2CCN(C(=O)Cn3ncc4c3CCC4)CC2)c1C. The normalized spacial score (nSPS) is 17.8. The zero-order valence-corrected chi connectivity index (χ0v) is 15.3. The van der Waals surface area contributed by atoms with Crippen molar-refractivity contribution in [1.29, 1.82) is 0 Å². The van der Waals surface area contributed by atoms with Crippen LogP contribution >= 0.6 is 0 Å². The number of carbonyl (C=O) groups is 1. The molecule has 4 heteroatoms. The summed E-state index contributed by atoms with van der Waals surface area (Å²) in [6.07, 6.45) is 7.45. The molecule has 132 valence electrons. The molecule has 4 nitrogen and oxygen atoms in total. The van der Waals surface area contributed by atoms with Crippen molar-refractivity contribution < 1.29 is 4.79 Å². The molecule has 1 fully saturated rings. The Morgan fingerprint density at radius 3 is 2.80 bits per heavy atom. The average molecular weight is 337 g/mol. The van der Waals surface area contributed by atoms with Gasteiger partial charge in [-0.3, -0.25) is 9.48 Å². The number of carbonyl (C=O) groups excluding carboxylic acids is 1. The van der Waals surface area contributed by atoms with Gasteiger partial charge in [-0.15, -0.1) is 0 Å². The highest BCUT2D eigenvalue weighted by Gasteiger charge is 2.26. The zero-order valence-electron chi connectivity index (χ0n) is 15.3. The van der Waals surface area contributed by atoms with Crippen molar-refractivity contribution in [2.45, 2.75) is 58.4 Å². The maximum atomic E-state index is 12.7. The molecule has 1 saturated heterocycles. The standard InChI is InChI=1S/C21H27N3O/c1-15-5-3-7-19(16(15)2)17-9-11-23(12-10-17)21(25)14-24-20-8-4-6-18(20)13-22-24/h3,5,7,13,17H,4,6,8-12,14H2,1-2H3. The van der Waals surface area contributed by atoms with Crippen molar-refractivity contribution in [2.24, 2.45) is 0 Å². The first-order valence-corrected chi connectivity index (χ1v) is 9.51. The van der Waals surface area contributed by atoms with Crippen LogP contribution in [0.2, 0.25) is 0 Å². The number of rotatable bonds is 3. The van der Waals surface area contributed by atoms with Gasteiger partial charge in [-0.25, -0.2) is 0 Å². The monoisotopic (exact) mass is 337 g/mol. The second-order valence-electron chi connectivity index (χ2n) is 7.57. The van der Waals surface area contributed by atoms with Gasteiger partial charge < -0.3 is 4.90 Å². The van der Waals surface area contributed by atoms with Crippen LogP contribution in [-0.2, 0) is 24.2 Å². The second kappa shape index (κ2) is 6.66. The molecule has 0 radical (unpaired) electrons. The lowest BCUT2D eigenvalue weighted by molar-refractivity contribution is -0.133. The first-order valence-electron chi connectivity index (χ1n) is 9.51. The molecule has 1 aliphatic heterocycles. The number of piperidine rings is 1. The van der Waals surface area contributed by atoms with Crippen LogP contribution < -0.4 is 0 Å². The smallest absolute Gasteiger partial charge is 0.244 e. The minimum atomic E-state index is 0.220. The summed E-state index contributed by atoms with van der Waals surface area (Å²) < 4.78 is 1.93. The lowest BCUT2D eigenvalue weighted by atomic mass is 9.85. The Balaban J connectivity index is 1.38. The van der Waals surface area contributed by atoms with Crippen molar-refractivity contribution in [3.63, 3.8) is 0 Å². The Morgan fingerprint density at radius 1 is 1.20 bits per heavy atom. The number of hydrogen-bond acceptors (Lipinski definition) is 2. The molecule has 0 atom stereocenters. The highest BCUT2D eigenvalue weighted by atomic mass is 16.2. The molecule has 1 amide bonds. The van der Waals surface area contributed by atoms with Gasteiger partial charge in [-0.2, -0.15) is 5.10 Å². The molecule has 25 heavy (non-hydrogen) atoms. The van der Waals surface area contributed by atoms with Crippen LogP contribution in [-0.4, -0.2) is 33.7 Å². The lowest BCUT2D eigenvalue weighted by Gasteiger charge is -2.33. The van der Waals surface area contributed by atoms with E-state index in [1.165, 1.54) is 34.4 Å². The summed E-state index contributed by atoms with van der Waals surface area (Å²) in [5.41, 5.74) is 6.86. The lowest BCUT2D eigenvalue weighted by Crippen LogP contribution is -2.40. The first kappa shape index (κ1) is 16.4. The molecule has 2 aromatic rings. The number of likely N-dealkylation sites (tertiary alicyclic amines) is 1. The number of aryl methyl sites for hydroxylation is 2. The van der Waals surface area contributed by atoms with E-state index < -0.39 is 0 Å². The Labute approximate surface area is 149 Å². The van der Waals surface area contributed by atoms with E-state index in [2.05, 4.69) is 37.1 Å². The van der Waals surface area contributed by atoms with E-state index in [0.717, 1.165) is 38.8 Å². The van der Waals surface area contributed by atoms with Crippen LogP contribution in [0.3, 0.4) is 0 Å². The zero-order chi connectivity index (χ0) is 17.4. The van der Waals surface area contributed by atoms with Crippen LogP contribution in [0.4, 0.5) is 0 Å². The summed E-state index contributed by atoms with van der Waals surface area (Å²) in [6.45, 7) is 6.53. The number of aromatic nitrogens is 2. The minimum absolute atomic E-state index is 0.220. The first-order chi connectivity index (χ1) is 12.1. The number of benzene rings is 1. The van der Waals surface area contributed by atoms with E-state index in [1.54, 1.807) is 0 Å². The van der Waals surface area contributed by atoms with Gasteiger partial charge in [0.1, 0.15) is 6.54 Å². The van der Waals surface area contributed by atoms with Gasteiger partial charge in [0.05, 0.1) is 6.20 Å². The second-order valence-corrected chi connectivity index (χ2v) is 7.57. The molecule has 0 spiro atoms. The van der Waals surface area contributed by atoms with Crippen LogP contribution in [0.25, 0.3) is 0 Å². The van der Waals surface area contributed by atoms with Crippen LogP contribution in [0.1, 0.15) is 53.1 Å². The third kappa shape index (κ3) is 3.10. The molecule has 1 aliphatic carbocycles. The highest BCUT2D eigenvalue weighted by Crippen LogP contribution is 2.31. The van der Waals surface area contributed by atoms with Gasteiger partial charge in [0.15, 0.2) is 0 Å². The predicted octanol–water partition coefficient (Wildman–Crippen LogP) is 3.39. The van der Waals surface area contributed by atoms with Crippen LogP contribution in [0.15, 0.2) is 24.4 Å². The van der Waals surface area contributed by atoms with E-state index in [9.17, 15) is 4.79 Å². The highest BCUT2D eigenvalue weighted by molar-refractivity contribution is 5.76. The summed E-state index contributed by atoms with van der Waals surface area (Å²) in [7, 11) is 0. The Kier molecular flexibility index (Phi) is 4.36. The van der Waals surface area contributed by atoms with Gasteiger partial charge in [-0.1, -0.05) is 18.2 Å². The quantitative estimate of drug-likeness (QED) is 0.861. The van der Waals surface area contributed by atoms with Crippen LogP contribution in [0, 0.1) is 13.8 Å². The molecule has 2 aliphatic rings. The Morgan fingerprint density at radius 2 is 2.00 bits per heavy atom. The van der Waals surface area contributed by atoms with Gasteiger partial charge in [0.25, 0.3) is 0 Å². The van der Waals surface area contributed by atoms with E-state index in [1.807, 2.05) is 15.8 Å². The molecular formula is C21H27N3O. The maximum absolute atomic E-state index is 12.7. The molecule has 4 rings (SSSR count). The summed E-state index contributed by atoms with van der Waals surface area (Å²) in [4.78, 5) is 14.7. The fourth-order valence-corrected chi connectivity index (χ4v) is 4.41. The topological polar surface area (TPSA) is 38.1 Å². The molecule has 2 heterocycles. The predicted molar refractivity (Wildman–Crippen MR) is 98.7 cm³/mol. The third-order valence-corrected chi connectivity index (χ3v) is 6.11. The number of amides is 1. The number of nitrogens with zero attached hydrogens (tertiary/aromatic N) is 3. The summed E-state index contributed by atoms with van der Waals surface area (Å²) in [5.74, 6) is 0.801. The van der Waals surface area contributed by atoms with Crippen molar-refractivity contribution in [3.8, 4) is 0 Å². The van der Waals surface area contributed by atoms with Gasteiger partial charge in [0, 0.05) is 18.8 Å². The summed E-state index contributed by atoms with van der Waals surface area (Å²) >= 11 is 0. The van der Waals surface area contributed by atoms with Crippen molar-refractivity contribution in [3.05, 3.63) is 52.3 Å². The Bertz CT molecular complexity index is 784. The minimum Gasteiger partial charge on any atom is -0.341 e. The number of hydrogen-bond donors (Lipinski definition) is 0. The van der Waals surface area contributed by atoms with Gasteiger partial charge in [0.2, 0.25) is 5.91 Å². The largest absolute Gasteiger partial charge is 0.341 e. The molecule has 0 N–H and O–H groups in total. The average Bonchev–Trinajstić information content (AvgIpc) is 3.23. The number of fused-ring (bicyclic) bond motifs is 1.